The normalized spacial score (nSPS) is 11.1. The highest BCUT2D eigenvalue weighted by molar-refractivity contribution is 7.92. The van der Waals surface area contributed by atoms with Crippen LogP contribution in [0, 0.1) is 5.82 Å². The molecule has 146 valence electrons. The number of methoxy groups -OCH3 is 1. The zero-order valence-corrected chi connectivity index (χ0v) is 16.4. The molecule has 2 N–H and O–H groups in total. The fraction of sp³-hybridized carbons (Fsp3) is 0.105. The summed E-state index contributed by atoms with van der Waals surface area (Å²) in [6.07, 6.45) is 0. The van der Waals surface area contributed by atoms with Crippen LogP contribution in [0.2, 0.25) is 0 Å². The number of thiophene rings is 1. The first-order chi connectivity index (χ1) is 13.4. The van der Waals surface area contributed by atoms with Gasteiger partial charge in [-0.3, -0.25) is 9.52 Å². The van der Waals surface area contributed by atoms with Crippen LogP contribution in [0.4, 0.5) is 10.1 Å². The molecule has 6 nitrogen and oxygen atoms in total. The van der Waals surface area contributed by atoms with Crippen LogP contribution in [-0.2, 0) is 16.6 Å². The third kappa shape index (κ3) is 4.68. The molecule has 3 rings (SSSR count). The quantitative estimate of drug-likeness (QED) is 0.611. The number of hydrogen-bond donors (Lipinski definition) is 2. The van der Waals surface area contributed by atoms with Crippen molar-refractivity contribution in [2.75, 3.05) is 11.8 Å². The van der Waals surface area contributed by atoms with Gasteiger partial charge in [0.1, 0.15) is 16.5 Å². The van der Waals surface area contributed by atoms with Crippen molar-refractivity contribution in [3.8, 4) is 5.75 Å². The van der Waals surface area contributed by atoms with Gasteiger partial charge in [-0.05, 0) is 53.9 Å². The maximum absolute atomic E-state index is 14.2. The van der Waals surface area contributed by atoms with Crippen LogP contribution in [0.5, 0.6) is 5.75 Å². The first kappa shape index (κ1) is 19.8. The van der Waals surface area contributed by atoms with Crippen LogP contribution in [0.25, 0.3) is 0 Å². The van der Waals surface area contributed by atoms with E-state index in [4.69, 9.17) is 4.74 Å². The number of rotatable bonds is 7. The number of sulfonamides is 1. The zero-order chi connectivity index (χ0) is 20.1. The molecule has 0 aliphatic heterocycles. The van der Waals surface area contributed by atoms with Gasteiger partial charge in [-0.15, -0.1) is 11.3 Å². The summed E-state index contributed by atoms with van der Waals surface area (Å²) in [5.74, 6) is -0.886. The summed E-state index contributed by atoms with van der Waals surface area (Å²) in [5.41, 5.74) is 0.292. The summed E-state index contributed by atoms with van der Waals surface area (Å²) >= 11 is 1.48. The van der Waals surface area contributed by atoms with E-state index in [1.807, 2.05) is 17.5 Å². The van der Waals surface area contributed by atoms with E-state index in [-0.39, 0.29) is 11.3 Å². The van der Waals surface area contributed by atoms with Crippen molar-refractivity contribution in [2.24, 2.45) is 0 Å². The van der Waals surface area contributed by atoms with Crippen LogP contribution in [0.1, 0.15) is 15.2 Å². The predicted molar refractivity (Wildman–Crippen MR) is 106 cm³/mol. The fourth-order valence-electron chi connectivity index (χ4n) is 2.40. The van der Waals surface area contributed by atoms with Crippen molar-refractivity contribution in [2.45, 2.75) is 11.4 Å². The van der Waals surface area contributed by atoms with E-state index in [0.29, 0.717) is 12.3 Å². The van der Waals surface area contributed by atoms with E-state index >= 15 is 0 Å². The minimum absolute atomic E-state index is 0.0491. The summed E-state index contributed by atoms with van der Waals surface area (Å²) < 4.78 is 46.7. The average Bonchev–Trinajstić information content (AvgIpc) is 3.20. The van der Waals surface area contributed by atoms with E-state index in [1.165, 1.54) is 36.6 Å². The van der Waals surface area contributed by atoms with E-state index in [2.05, 4.69) is 10.0 Å². The summed E-state index contributed by atoms with van der Waals surface area (Å²) in [6, 6.07) is 13.1. The Morgan fingerprint density at radius 2 is 1.89 bits per heavy atom. The number of anilines is 1. The molecule has 28 heavy (non-hydrogen) atoms. The van der Waals surface area contributed by atoms with Crippen LogP contribution in [-0.4, -0.2) is 21.4 Å². The number of carbonyl (C=O) groups is 1. The second-order valence-corrected chi connectivity index (χ2v) is 8.42. The Morgan fingerprint density at radius 3 is 2.54 bits per heavy atom. The van der Waals surface area contributed by atoms with Crippen molar-refractivity contribution in [3.05, 3.63) is 76.2 Å². The molecule has 0 saturated heterocycles. The molecule has 0 bridgehead atoms. The van der Waals surface area contributed by atoms with Gasteiger partial charge in [0.25, 0.3) is 15.9 Å². The zero-order valence-electron chi connectivity index (χ0n) is 14.8. The fourth-order valence-corrected chi connectivity index (χ4v) is 4.21. The van der Waals surface area contributed by atoms with Gasteiger partial charge >= 0.3 is 0 Å². The Labute approximate surface area is 166 Å². The van der Waals surface area contributed by atoms with Gasteiger partial charge < -0.3 is 10.1 Å². The highest BCUT2D eigenvalue weighted by atomic mass is 32.2. The monoisotopic (exact) mass is 420 g/mol. The molecule has 1 aromatic heterocycles. The molecule has 0 spiro atoms. The average molecular weight is 420 g/mol. The lowest BCUT2D eigenvalue weighted by Crippen LogP contribution is -2.23. The van der Waals surface area contributed by atoms with Crippen LogP contribution >= 0.6 is 11.3 Å². The van der Waals surface area contributed by atoms with Crippen molar-refractivity contribution < 1.29 is 22.3 Å². The summed E-state index contributed by atoms with van der Waals surface area (Å²) in [4.78, 5) is 12.6. The lowest BCUT2D eigenvalue weighted by molar-refractivity contribution is 0.0951. The SMILES string of the molecule is COc1ccc(NS(=O)(=O)c2cc(C(=O)NCc3cccs3)ccc2F)cc1. The molecule has 1 heterocycles. The Morgan fingerprint density at radius 1 is 1.14 bits per heavy atom. The van der Waals surface area contributed by atoms with Crippen molar-refractivity contribution in [1.29, 1.82) is 0 Å². The number of carbonyl (C=O) groups excluding carboxylic acids is 1. The van der Waals surface area contributed by atoms with Crippen molar-refractivity contribution >= 4 is 33.0 Å². The first-order valence-corrected chi connectivity index (χ1v) is 10.5. The third-order valence-electron chi connectivity index (χ3n) is 3.83. The molecule has 3 aromatic rings. The molecule has 0 aliphatic carbocycles. The number of benzene rings is 2. The second kappa shape index (κ2) is 8.41. The summed E-state index contributed by atoms with van der Waals surface area (Å²) in [6.45, 7) is 0.306. The number of halogens is 1. The molecule has 0 saturated carbocycles. The Hall–Kier alpha value is -2.91. The van der Waals surface area contributed by atoms with Gasteiger partial charge in [0.15, 0.2) is 0 Å². The Kier molecular flexibility index (Phi) is 5.96. The standard InChI is InChI=1S/C19H17FN2O4S2/c1-26-15-7-5-14(6-8-15)22-28(24,25)18-11-13(4-9-17(18)20)19(23)21-12-16-3-2-10-27-16/h2-11,22H,12H2,1H3,(H,21,23). The number of amides is 1. The number of hydrogen-bond acceptors (Lipinski definition) is 5. The summed E-state index contributed by atoms with van der Waals surface area (Å²) in [5, 5.41) is 4.57. The molecule has 1 amide bonds. The van der Waals surface area contributed by atoms with Crippen LogP contribution in [0.3, 0.4) is 0 Å². The van der Waals surface area contributed by atoms with E-state index in [1.54, 1.807) is 12.1 Å². The van der Waals surface area contributed by atoms with Crippen LogP contribution in [0.15, 0.2) is 64.9 Å². The lowest BCUT2D eigenvalue weighted by atomic mass is 10.2. The lowest BCUT2D eigenvalue weighted by Gasteiger charge is -2.11. The highest BCUT2D eigenvalue weighted by Crippen LogP contribution is 2.22. The van der Waals surface area contributed by atoms with Crippen molar-refractivity contribution in [1.82, 2.24) is 5.32 Å². The third-order valence-corrected chi connectivity index (χ3v) is 6.10. The molecule has 0 aliphatic rings. The largest absolute Gasteiger partial charge is 0.497 e. The minimum Gasteiger partial charge on any atom is -0.497 e. The smallest absolute Gasteiger partial charge is 0.264 e. The van der Waals surface area contributed by atoms with E-state index < -0.39 is 26.6 Å². The van der Waals surface area contributed by atoms with Gasteiger partial charge in [0.05, 0.1) is 13.7 Å². The molecular formula is C19H17FN2O4S2. The maximum Gasteiger partial charge on any atom is 0.264 e. The Balaban J connectivity index is 1.79. The van der Waals surface area contributed by atoms with Crippen LogP contribution < -0.4 is 14.8 Å². The molecule has 2 aromatic carbocycles. The number of nitrogens with one attached hydrogen (secondary N) is 2. The van der Waals surface area contributed by atoms with Gasteiger partial charge in [0, 0.05) is 16.1 Å². The van der Waals surface area contributed by atoms with Gasteiger partial charge in [0.2, 0.25) is 0 Å². The van der Waals surface area contributed by atoms with Gasteiger partial charge in [-0.25, -0.2) is 12.8 Å². The van der Waals surface area contributed by atoms with Gasteiger partial charge in [-0.1, -0.05) is 6.07 Å². The van der Waals surface area contributed by atoms with Crippen molar-refractivity contribution in [3.63, 3.8) is 0 Å². The second-order valence-electron chi connectivity index (χ2n) is 5.74. The van der Waals surface area contributed by atoms with Gasteiger partial charge in [-0.2, -0.15) is 0 Å². The van der Waals surface area contributed by atoms with E-state index in [9.17, 15) is 17.6 Å². The molecule has 9 heteroatoms. The Bertz CT molecular complexity index is 1070. The van der Waals surface area contributed by atoms with E-state index in [0.717, 1.165) is 17.0 Å². The number of ether oxygens (including phenoxy) is 1. The minimum atomic E-state index is -4.22. The maximum atomic E-state index is 14.2. The topological polar surface area (TPSA) is 84.5 Å². The summed E-state index contributed by atoms with van der Waals surface area (Å²) in [7, 11) is -2.73. The molecule has 0 fully saturated rings. The molecule has 0 radical (unpaired) electrons. The molecular weight excluding hydrogens is 403 g/mol. The molecule has 0 atom stereocenters. The highest BCUT2D eigenvalue weighted by Gasteiger charge is 2.21. The predicted octanol–water partition coefficient (Wildman–Crippen LogP) is 3.63. The molecule has 0 unspecified atom stereocenters. The first-order valence-electron chi connectivity index (χ1n) is 8.16.